The summed E-state index contributed by atoms with van der Waals surface area (Å²) in [6, 6.07) is 11.9. The first-order valence-corrected chi connectivity index (χ1v) is 8.79. The zero-order valence-corrected chi connectivity index (χ0v) is 14.8. The average molecular weight is 333 g/mol. The van der Waals surface area contributed by atoms with Gasteiger partial charge in [0.05, 0.1) is 18.5 Å². The number of methoxy groups -OCH3 is 1. The van der Waals surface area contributed by atoms with Crippen LogP contribution in [0.15, 0.2) is 41.8 Å². The standard InChI is InChI=1S/C18H24N2O2S/c1-4-20(13-17-6-5-11-23-17)14(2)18(21)19-12-15-7-9-16(22-3)10-8-15/h5-11,14H,4,12-13H2,1-3H3,(H,19,21)/p+1/t14-/m1/s1. The van der Waals surface area contributed by atoms with Crippen LogP contribution in [0.5, 0.6) is 5.75 Å². The van der Waals surface area contributed by atoms with Crippen LogP contribution in [0.2, 0.25) is 0 Å². The molecule has 0 aliphatic heterocycles. The van der Waals surface area contributed by atoms with Crippen molar-refractivity contribution in [1.82, 2.24) is 5.32 Å². The summed E-state index contributed by atoms with van der Waals surface area (Å²) in [6.07, 6.45) is 0. The van der Waals surface area contributed by atoms with Crippen molar-refractivity contribution in [2.24, 2.45) is 0 Å². The van der Waals surface area contributed by atoms with Crippen LogP contribution in [0.4, 0.5) is 0 Å². The molecule has 1 unspecified atom stereocenters. The second-order valence-corrected chi connectivity index (χ2v) is 6.59. The van der Waals surface area contributed by atoms with Gasteiger partial charge in [0.2, 0.25) is 0 Å². The lowest BCUT2D eigenvalue weighted by molar-refractivity contribution is -0.925. The van der Waals surface area contributed by atoms with Crippen LogP contribution in [-0.2, 0) is 17.9 Å². The van der Waals surface area contributed by atoms with Crippen LogP contribution in [0.3, 0.4) is 0 Å². The van der Waals surface area contributed by atoms with Gasteiger partial charge >= 0.3 is 0 Å². The van der Waals surface area contributed by atoms with Crippen molar-refractivity contribution >= 4 is 17.2 Å². The van der Waals surface area contributed by atoms with Gasteiger partial charge in [-0.05, 0) is 43.0 Å². The Kier molecular flexibility index (Phi) is 6.62. The molecular formula is C18H25N2O2S+. The molecule has 1 aromatic heterocycles. The molecule has 0 radical (unpaired) electrons. The van der Waals surface area contributed by atoms with E-state index in [-0.39, 0.29) is 11.9 Å². The molecule has 5 heteroatoms. The highest BCUT2D eigenvalue weighted by Crippen LogP contribution is 2.11. The van der Waals surface area contributed by atoms with E-state index in [1.54, 1.807) is 18.4 Å². The predicted octanol–water partition coefficient (Wildman–Crippen LogP) is 1.87. The molecule has 0 aliphatic rings. The summed E-state index contributed by atoms with van der Waals surface area (Å²) in [5.74, 6) is 0.917. The van der Waals surface area contributed by atoms with Gasteiger partial charge in [0.15, 0.2) is 6.04 Å². The summed E-state index contributed by atoms with van der Waals surface area (Å²) >= 11 is 1.75. The smallest absolute Gasteiger partial charge is 0.278 e. The summed E-state index contributed by atoms with van der Waals surface area (Å²) in [5, 5.41) is 5.11. The molecule has 0 aliphatic carbocycles. The van der Waals surface area contributed by atoms with Crippen LogP contribution in [0, 0.1) is 0 Å². The largest absolute Gasteiger partial charge is 0.497 e. The first kappa shape index (κ1) is 17.5. The Balaban J connectivity index is 1.87. The van der Waals surface area contributed by atoms with Crippen molar-refractivity contribution < 1.29 is 14.4 Å². The van der Waals surface area contributed by atoms with Crippen LogP contribution in [0.25, 0.3) is 0 Å². The summed E-state index contributed by atoms with van der Waals surface area (Å²) in [7, 11) is 1.65. The highest BCUT2D eigenvalue weighted by atomic mass is 32.1. The number of likely N-dealkylation sites (N-methyl/N-ethyl adjacent to an activating group) is 1. The number of rotatable bonds is 8. The van der Waals surface area contributed by atoms with Gasteiger partial charge in [-0.3, -0.25) is 4.79 Å². The van der Waals surface area contributed by atoms with Crippen molar-refractivity contribution in [2.45, 2.75) is 33.0 Å². The molecule has 1 amide bonds. The van der Waals surface area contributed by atoms with Gasteiger partial charge in [-0.1, -0.05) is 18.2 Å². The van der Waals surface area contributed by atoms with Crippen LogP contribution < -0.4 is 15.0 Å². The third-order valence-corrected chi connectivity index (χ3v) is 4.94. The fourth-order valence-electron chi connectivity index (χ4n) is 2.49. The summed E-state index contributed by atoms with van der Waals surface area (Å²) < 4.78 is 5.14. The molecule has 4 nitrogen and oxygen atoms in total. The Morgan fingerprint density at radius 2 is 2.04 bits per heavy atom. The second-order valence-electron chi connectivity index (χ2n) is 5.56. The minimum absolute atomic E-state index is 0.0691. The molecule has 0 spiro atoms. The first-order chi connectivity index (χ1) is 11.1. The number of nitrogens with one attached hydrogen (secondary N) is 2. The molecule has 23 heavy (non-hydrogen) atoms. The number of quaternary nitrogens is 1. The van der Waals surface area contributed by atoms with Gasteiger partial charge in [0, 0.05) is 6.54 Å². The zero-order chi connectivity index (χ0) is 16.7. The molecule has 1 aromatic carbocycles. The number of hydrogen-bond donors (Lipinski definition) is 2. The number of carbonyl (C=O) groups is 1. The molecule has 0 saturated heterocycles. The van der Waals surface area contributed by atoms with E-state index >= 15 is 0 Å². The number of ether oxygens (including phenoxy) is 1. The molecule has 2 aromatic rings. The van der Waals surface area contributed by atoms with Crippen molar-refractivity contribution in [1.29, 1.82) is 0 Å². The monoisotopic (exact) mass is 333 g/mol. The van der Waals surface area contributed by atoms with Gasteiger partial charge in [0.1, 0.15) is 12.3 Å². The van der Waals surface area contributed by atoms with Crippen LogP contribution in [-0.4, -0.2) is 25.6 Å². The Morgan fingerprint density at radius 3 is 2.61 bits per heavy atom. The number of carbonyl (C=O) groups excluding carboxylic acids is 1. The molecule has 0 saturated carbocycles. The number of amides is 1. The number of thiophene rings is 1. The Morgan fingerprint density at radius 1 is 1.30 bits per heavy atom. The number of benzene rings is 1. The number of hydrogen-bond acceptors (Lipinski definition) is 3. The molecular weight excluding hydrogens is 308 g/mol. The summed E-state index contributed by atoms with van der Waals surface area (Å²) in [6.45, 7) is 6.48. The average Bonchev–Trinajstić information content (AvgIpc) is 3.10. The minimum Gasteiger partial charge on any atom is -0.497 e. The molecule has 0 fully saturated rings. The maximum absolute atomic E-state index is 12.4. The van der Waals surface area contributed by atoms with E-state index in [0.29, 0.717) is 6.54 Å². The van der Waals surface area contributed by atoms with Gasteiger partial charge in [-0.2, -0.15) is 0 Å². The predicted molar refractivity (Wildman–Crippen MR) is 93.8 cm³/mol. The molecule has 1 heterocycles. The lowest BCUT2D eigenvalue weighted by atomic mass is 10.2. The highest BCUT2D eigenvalue weighted by molar-refractivity contribution is 7.09. The Bertz CT molecular complexity index is 596. The van der Waals surface area contributed by atoms with Gasteiger partial charge < -0.3 is 15.0 Å². The summed E-state index contributed by atoms with van der Waals surface area (Å²) in [5.41, 5.74) is 1.07. The van der Waals surface area contributed by atoms with Crippen molar-refractivity contribution in [2.75, 3.05) is 13.7 Å². The van der Waals surface area contributed by atoms with Gasteiger partial charge in [-0.15, -0.1) is 11.3 Å². The second kappa shape index (κ2) is 8.70. The zero-order valence-electron chi connectivity index (χ0n) is 14.0. The molecule has 124 valence electrons. The Hall–Kier alpha value is -1.85. The van der Waals surface area contributed by atoms with E-state index in [4.69, 9.17) is 4.74 Å². The molecule has 2 atom stereocenters. The summed E-state index contributed by atoms with van der Waals surface area (Å²) in [4.78, 5) is 15.0. The van der Waals surface area contributed by atoms with Crippen molar-refractivity contribution in [3.8, 4) is 5.75 Å². The van der Waals surface area contributed by atoms with E-state index in [2.05, 4.69) is 29.8 Å². The highest BCUT2D eigenvalue weighted by Gasteiger charge is 2.23. The van der Waals surface area contributed by atoms with Gasteiger partial charge in [0.25, 0.3) is 5.91 Å². The fourth-order valence-corrected chi connectivity index (χ4v) is 3.25. The maximum atomic E-state index is 12.4. The maximum Gasteiger partial charge on any atom is 0.278 e. The SMILES string of the molecule is CC[NH+](Cc1cccs1)[C@H](C)C(=O)NCc1ccc(OC)cc1. The van der Waals surface area contributed by atoms with E-state index in [9.17, 15) is 4.79 Å². The third kappa shape index (κ3) is 5.08. The van der Waals surface area contributed by atoms with Gasteiger partial charge in [-0.25, -0.2) is 0 Å². The molecule has 0 bridgehead atoms. The van der Waals surface area contributed by atoms with Crippen molar-refractivity contribution in [3.05, 3.63) is 52.2 Å². The first-order valence-electron chi connectivity index (χ1n) is 7.91. The van der Waals surface area contributed by atoms with Crippen molar-refractivity contribution in [3.63, 3.8) is 0 Å². The van der Waals surface area contributed by atoms with E-state index < -0.39 is 0 Å². The minimum atomic E-state index is -0.0691. The Labute approximate surface area is 142 Å². The van der Waals surface area contributed by atoms with Crippen LogP contribution in [0.1, 0.15) is 24.3 Å². The van der Waals surface area contributed by atoms with E-state index in [1.807, 2.05) is 31.2 Å². The third-order valence-electron chi connectivity index (χ3n) is 4.07. The normalized spacial score (nSPS) is 13.3. The lowest BCUT2D eigenvalue weighted by Gasteiger charge is -2.23. The van der Waals surface area contributed by atoms with E-state index in [0.717, 1.165) is 24.4 Å². The fraction of sp³-hybridized carbons (Fsp3) is 0.389. The quantitative estimate of drug-likeness (QED) is 0.774. The topological polar surface area (TPSA) is 42.8 Å². The van der Waals surface area contributed by atoms with E-state index in [1.165, 1.54) is 9.78 Å². The molecule has 2 N–H and O–H groups in total. The molecule has 2 rings (SSSR count). The lowest BCUT2D eigenvalue weighted by Crippen LogP contribution is -3.15. The van der Waals surface area contributed by atoms with Crippen LogP contribution >= 0.6 is 11.3 Å².